The first-order valence-electron chi connectivity index (χ1n) is 5.65. The molecule has 2 nitrogen and oxygen atoms in total. The summed E-state index contributed by atoms with van der Waals surface area (Å²) in [5.41, 5.74) is -0.729. The monoisotopic (exact) mass is 198 g/mol. The van der Waals surface area contributed by atoms with Gasteiger partial charge in [-0.3, -0.25) is 0 Å². The van der Waals surface area contributed by atoms with Crippen LogP contribution in [0.2, 0.25) is 0 Å². The van der Waals surface area contributed by atoms with Gasteiger partial charge < -0.3 is 9.90 Å². The SMILES string of the molecule is CC1CCC(C(C)C)C(O)(CC=O)C1. The fourth-order valence-electron chi connectivity index (χ4n) is 2.92. The molecule has 0 aromatic heterocycles. The molecule has 0 amide bonds. The third-order valence-electron chi connectivity index (χ3n) is 3.60. The Hall–Kier alpha value is -0.370. The van der Waals surface area contributed by atoms with Gasteiger partial charge in [-0.25, -0.2) is 0 Å². The molecule has 1 fully saturated rings. The largest absolute Gasteiger partial charge is 0.389 e. The molecule has 0 aliphatic heterocycles. The van der Waals surface area contributed by atoms with E-state index in [0.29, 0.717) is 24.2 Å². The van der Waals surface area contributed by atoms with E-state index in [1.807, 2.05) is 0 Å². The zero-order valence-electron chi connectivity index (χ0n) is 9.49. The summed E-state index contributed by atoms with van der Waals surface area (Å²) in [6.45, 7) is 6.43. The van der Waals surface area contributed by atoms with Crippen LogP contribution in [0, 0.1) is 17.8 Å². The minimum Gasteiger partial charge on any atom is -0.389 e. The Morgan fingerprint density at radius 1 is 1.50 bits per heavy atom. The summed E-state index contributed by atoms with van der Waals surface area (Å²) in [5, 5.41) is 10.4. The van der Waals surface area contributed by atoms with Gasteiger partial charge in [-0.05, 0) is 30.6 Å². The molecule has 82 valence electrons. The Morgan fingerprint density at radius 3 is 2.64 bits per heavy atom. The van der Waals surface area contributed by atoms with E-state index in [4.69, 9.17) is 0 Å². The topological polar surface area (TPSA) is 37.3 Å². The molecule has 0 spiro atoms. The zero-order valence-corrected chi connectivity index (χ0v) is 9.49. The lowest BCUT2D eigenvalue weighted by atomic mass is 9.66. The quantitative estimate of drug-likeness (QED) is 0.707. The van der Waals surface area contributed by atoms with Crippen molar-refractivity contribution < 1.29 is 9.90 Å². The number of rotatable bonds is 3. The summed E-state index contributed by atoms with van der Waals surface area (Å²) in [6, 6.07) is 0. The predicted molar refractivity (Wildman–Crippen MR) is 57.0 cm³/mol. The Balaban J connectivity index is 2.76. The van der Waals surface area contributed by atoms with Crippen molar-refractivity contribution >= 4 is 6.29 Å². The molecule has 0 heterocycles. The Bertz CT molecular complexity index is 200. The average Bonchev–Trinajstić information content (AvgIpc) is 2.02. The van der Waals surface area contributed by atoms with Gasteiger partial charge in [-0.1, -0.05) is 27.2 Å². The maximum atomic E-state index is 10.6. The van der Waals surface area contributed by atoms with E-state index in [-0.39, 0.29) is 0 Å². The van der Waals surface area contributed by atoms with Gasteiger partial charge in [0.1, 0.15) is 6.29 Å². The van der Waals surface area contributed by atoms with E-state index in [1.54, 1.807) is 0 Å². The van der Waals surface area contributed by atoms with Gasteiger partial charge in [-0.2, -0.15) is 0 Å². The second kappa shape index (κ2) is 4.43. The fourth-order valence-corrected chi connectivity index (χ4v) is 2.92. The smallest absolute Gasteiger partial charge is 0.122 e. The van der Waals surface area contributed by atoms with Crippen LogP contribution in [-0.2, 0) is 4.79 Å². The van der Waals surface area contributed by atoms with Crippen molar-refractivity contribution in [3.05, 3.63) is 0 Å². The van der Waals surface area contributed by atoms with Crippen LogP contribution in [-0.4, -0.2) is 17.0 Å². The average molecular weight is 198 g/mol. The van der Waals surface area contributed by atoms with Gasteiger partial charge in [0.05, 0.1) is 5.60 Å². The second-order valence-corrected chi connectivity index (χ2v) is 5.21. The molecular weight excluding hydrogens is 176 g/mol. The van der Waals surface area contributed by atoms with E-state index in [0.717, 1.165) is 19.1 Å². The molecule has 3 unspecified atom stereocenters. The first kappa shape index (κ1) is 11.7. The molecule has 0 saturated heterocycles. The van der Waals surface area contributed by atoms with E-state index in [9.17, 15) is 9.90 Å². The van der Waals surface area contributed by atoms with Crippen LogP contribution >= 0.6 is 0 Å². The minimum absolute atomic E-state index is 0.295. The van der Waals surface area contributed by atoms with Gasteiger partial charge in [0, 0.05) is 6.42 Å². The van der Waals surface area contributed by atoms with Gasteiger partial charge >= 0.3 is 0 Å². The number of carbonyl (C=O) groups is 1. The Labute approximate surface area is 86.7 Å². The molecule has 3 atom stereocenters. The van der Waals surface area contributed by atoms with Crippen molar-refractivity contribution in [3.63, 3.8) is 0 Å². The maximum absolute atomic E-state index is 10.6. The van der Waals surface area contributed by atoms with Crippen molar-refractivity contribution in [3.8, 4) is 0 Å². The summed E-state index contributed by atoms with van der Waals surface area (Å²) in [7, 11) is 0. The van der Waals surface area contributed by atoms with Crippen molar-refractivity contribution in [1.29, 1.82) is 0 Å². The molecule has 1 aliphatic rings. The van der Waals surface area contributed by atoms with Crippen LogP contribution in [0.5, 0.6) is 0 Å². The Morgan fingerprint density at radius 2 is 2.14 bits per heavy atom. The molecule has 0 aromatic carbocycles. The molecule has 1 N–H and O–H groups in total. The lowest BCUT2D eigenvalue weighted by molar-refractivity contribution is -0.122. The predicted octanol–water partition coefficient (Wildman–Crippen LogP) is 2.40. The third-order valence-corrected chi connectivity index (χ3v) is 3.60. The van der Waals surface area contributed by atoms with E-state index >= 15 is 0 Å². The van der Waals surface area contributed by atoms with Crippen LogP contribution in [0.15, 0.2) is 0 Å². The molecule has 0 aromatic rings. The molecular formula is C12H22O2. The van der Waals surface area contributed by atoms with Crippen molar-refractivity contribution in [2.45, 2.75) is 52.1 Å². The van der Waals surface area contributed by atoms with Crippen LogP contribution in [0.4, 0.5) is 0 Å². The maximum Gasteiger partial charge on any atom is 0.122 e. The lowest BCUT2D eigenvalue weighted by Gasteiger charge is -2.43. The number of aldehydes is 1. The van der Waals surface area contributed by atoms with Gasteiger partial charge in [0.2, 0.25) is 0 Å². The zero-order chi connectivity index (χ0) is 10.8. The highest BCUT2D eigenvalue weighted by molar-refractivity contribution is 5.51. The highest BCUT2D eigenvalue weighted by Crippen LogP contribution is 2.42. The third kappa shape index (κ3) is 2.35. The van der Waals surface area contributed by atoms with Crippen LogP contribution < -0.4 is 0 Å². The summed E-state index contributed by atoms with van der Waals surface area (Å²) in [5.74, 6) is 1.31. The van der Waals surface area contributed by atoms with E-state index < -0.39 is 5.60 Å². The van der Waals surface area contributed by atoms with Crippen molar-refractivity contribution in [2.24, 2.45) is 17.8 Å². The standard InChI is InChI=1S/C12H22O2/c1-9(2)11-5-4-10(3)8-12(11,14)6-7-13/h7,9-11,14H,4-6,8H2,1-3H3. The first-order chi connectivity index (χ1) is 6.49. The summed E-state index contributed by atoms with van der Waals surface area (Å²) in [6.07, 6.45) is 4.20. The van der Waals surface area contributed by atoms with Crippen molar-refractivity contribution in [1.82, 2.24) is 0 Å². The molecule has 14 heavy (non-hydrogen) atoms. The van der Waals surface area contributed by atoms with Gasteiger partial charge in [0.15, 0.2) is 0 Å². The summed E-state index contributed by atoms with van der Waals surface area (Å²) in [4.78, 5) is 10.6. The highest BCUT2D eigenvalue weighted by Gasteiger charge is 2.42. The highest BCUT2D eigenvalue weighted by atomic mass is 16.3. The number of carbonyl (C=O) groups excluding carboxylic acids is 1. The Kier molecular flexibility index (Phi) is 3.71. The number of hydrogen-bond acceptors (Lipinski definition) is 2. The molecule has 0 radical (unpaired) electrons. The molecule has 1 rings (SSSR count). The number of hydrogen-bond donors (Lipinski definition) is 1. The van der Waals surface area contributed by atoms with Crippen molar-refractivity contribution in [2.75, 3.05) is 0 Å². The molecule has 2 heteroatoms. The minimum atomic E-state index is -0.729. The molecule has 1 saturated carbocycles. The number of aliphatic hydroxyl groups is 1. The second-order valence-electron chi connectivity index (χ2n) is 5.21. The van der Waals surface area contributed by atoms with E-state index in [1.165, 1.54) is 6.42 Å². The summed E-state index contributed by atoms with van der Waals surface area (Å²) < 4.78 is 0. The van der Waals surface area contributed by atoms with Crippen LogP contribution in [0.25, 0.3) is 0 Å². The first-order valence-corrected chi connectivity index (χ1v) is 5.65. The molecule has 1 aliphatic carbocycles. The van der Waals surface area contributed by atoms with E-state index in [2.05, 4.69) is 20.8 Å². The molecule has 0 bridgehead atoms. The summed E-state index contributed by atoms with van der Waals surface area (Å²) >= 11 is 0. The lowest BCUT2D eigenvalue weighted by Crippen LogP contribution is -2.45. The van der Waals surface area contributed by atoms with Crippen LogP contribution in [0.3, 0.4) is 0 Å². The fraction of sp³-hybridized carbons (Fsp3) is 0.917. The van der Waals surface area contributed by atoms with Gasteiger partial charge in [0.25, 0.3) is 0 Å². The normalized spacial score (nSPS) is 38.6. The van der Waals surface area contributed by atoms with Crippen LogP contribution in [0.1, 0.15) is 46.5 Å². The van der Waals surface area contributed by atoms with Gasteiger partial charge in [-0.15, -0.1) is 0 Å².